The highest BCUT2D eigenvalue weighted by Gasteiger charge is 2.09. The lowest BCUT2D eigenvalue weighted by Crippen LogP contribution is -2.22. The number of hydrogen-bond donors (Lipinski definition) is 1. The highest BCUT2D eigenvalue weighted by molar-refractivity contribution is 6.31. The molecular weight excluding hydrogens is 272 g/mol. The molecule has 0 aromatic carbocycles. The molecule has 0 spiro atoms. The van der Waals surface area contributed by atoms with Gasteiger partial charge in [0.2, 0.25) is 0 Å². The zero-order chi connectivity index (χ0) is 14.5. The molecule has 0 saturated carbocycles. The molecule has 5 heteroatoms. The van der Waals surface area contributed by atoms with E-state index in [4.69, 9.17) is 11.6 Å². The third-order valence-corrected chi connectivity index (χ3v) is 3.40. The van der Waals surface area contributed by atoms with E-state index in [1.54, 1.807) is 6.20 Å². The number of rotatable bonds is 6. The number of aromatic nitrogens is 3. The Morgan fingerprint density at radius 1 is 1.35 bits per heavy atom. The van der Waals surface area contributed by atoms with Crippen LogP contribution in [0.25, 0.3) is 5.82 Å². The third kappa shape index (κ3) is 3.58. The Kier molecular flexibility index (Phi) is 5.15. The Bertz CT molecular complexity index is 563. The van der Waals surface area contributed by atoms with Crippen molar-refractivity contribution in [2.75, 3.05) is 0 Å². The van der Waals surface area contributed by atoms with E-state index in [2.05, 4.69) is 36.1 Å². The molecule has 1 N–H and O–H groups in total. The van der Waals surface area contributed by atoms with Crippen molar-refractivity contribution >= 4 is 11.6 Å². The number of nitrogens with one attached hydrogen (secondary N) is 1. The molecule has 4 nitrogen and oxygen atoms in total. The summed E-state index contributed by atoms with van der Waals surface area (Å²) in [6.45, 7) is 7.12. The van der Waals surface area contributed by atoms with E-state index >= 15 is 0 Å². The summed E-state index contributed by atoms with van der Waals surface area (Å²) in [5, 5.41) is 4.07. The van der Waals surface area contributed by atoms with Gasteiger partial charge in [0.15, 0.2) is 0 Å². The van der Waals surface area contributed by atoms with E-state index in [9.17, 15) is 0 Å². The second-order valence-corrected chi connectivity index (χ2v) is 5.54. The lowest BCUT2D eigenvalue weighted by molar-refractivity contribution is 0.588. The molecule has 2 rings (SSSR count). The zero-order valence-corrected chi connectivity index (χ0v) is 13.0. The van der Waals surface area contributed by atoms with Crippen LogP contribution in [0.2, 0.25) is 5.02 Å². The molecule has 0 aliphatic carbocycles. The van der Waals surface area contributed by atoms with Gasteiger partial charge in [0, 0.05) is 37.6 Å². The molecule has 2 aromatic rings. The van der Waals surface area contributed by atoms with Gasteiger partial charge >= 0.3 is 0 Å². The maximum atomic E-state index is 6.21. The monoisotopic (exact) mass is 292 g/mol. The number of nitrogens with zero attached hydrogens (tertiary/aromatic N) is 3. The van der Waals surface area contributed by atoms with Gasteiger partial charge in [0.1, 0.15) is 11.6 Å². The number of halogens is 1. The van der Waals surface area contributed by atoms with Crippen LogP contribution in [-0.4, -0.2) is 20.6 Å². The largest absolute Gasteiger partial charge is 0.310 e. The summed E-state index contributed by atoms with van der Waals surface area (Å²) in [5.41, 5.74) is 1.06. The molecule has 108 valence electrons. The first-order valence-corrected chi connectivity index (χ1v) is 7.40. The van der Waals surface area contributed by atoms with Crippen LogP contribution in [-0.2, 0) is 13.0 Å². The first-order valence-electron chi connectivity index (χ1n) is 7.02. The van der Waals surface area contributed by atoms with Crippen molar-refractivity contribution in [1.82, 2.24) is 19.9 Å². The summed E-state index contributed by atoms with van der Waals surface area (Å²) < 4.78 is 2.03. The molecule has 2 aromatic heterocycles. The van der Waals surface area contributed by atoms with Gasteiger partial charge < -0.3 is 5.32 Å². The molecule has 0 aliphatic heterocycles. The van der Waals surface area contributed by atoms with Gasteiger partial charge in [-0.1, -0.05) is 32.4 Å². The lowest BCUT2D eigenvalue weighted by atomic mass is 10.2. The fraction of sp³-hybridized carbons (Fsp3) is 0.467. The minimum absolute atomic E-state index is 0.423. The summed E-state index contributed by atoms with van der Waals surface area (Å²) in [4.78, 5) is 8.80. The molecule has 0 saturated heterocycles. The predicted octanol–water partition coefficient (Wildman–Crippen LogP) is 3.37. The second-order valence-electron chi connectivity index (χ2n) is 5.13. The van der Waals surface area contributed by atoms with E-state index in [0.717, 1.165) is 36.6 Å². The molecule has 0 radical (unpaired) electrons. The molecule has 0 amide bonds. The molecule has 0 fully saturated rings. The SMILES string of the molecule is CCCc1nccn1-c1cc(CNC(C)C)c(Cl)cn1. The lowest BCUT2D eigenvalue weighted by Gasteiger charge is -2.12. The van der Waals surface area contributed by atoms with Gasteiger partial charge in [-0.15, -0.1) is 0 Å². The Morgan fingerprint density at radius 2 is 2.15 bits per heavy atom. The maximum absolute atomic E-state index is 6.21. The Balaban J connectivity index is 2.28. The molecule has 0 bridgehead atoms. The van der Waals surface area contributed by atoms with E-state index < -0.39 is 0 Å². The standard InChI is InChI=1S/C15H21ClN4/c1-4-5-14-17-6-7-20(14)15-8-12(9-18-11(2)3)13(16)10-19-15/h6-8,10-11,18H,4-5,9H2,1-3H3. The van der Waals surface area contributed by atoms with Gasteiger partial charge in [0.05, 0.1) is 5.02 Å². The van der Waals surface area contributed by atoms with Gasteiger partial charge in [-0.05, 0) is 18.1 Å². The van der Waals surface area contributed by atoms with Gasteiger partial charge in [0.25, 0.3) is 0 Å². The third-order valence-electron chi connectivity index (χ3n) is 3.06. The quantitative estimate of drug-likeness (QED) is 0.887. The molecule has 2 heterocycles. The zero-order valence-electron chi connectivity index (χ0n) is 12.2. The molecule has 20 heavy (non-hydrogen) atoms. The second kappa shape index (κ2) is 6.86. The van der Waals surface area contributed by atoms with Gasteiger partial charge in [-0.2, -0.15) is 0 Å². The summed E-state index contributed by atoms with van der Waals surface area (Å²) >= 11 is 6.21. The van der Waals surface area contributed by atoms with Crippen LogP contribution in [0, 0.1) is 0 Å². The average molecular weight is 293 g/mol. The normalized spacial score (nSPS) is 11.2. The highest BCUT2D eigenvalue weighted by Crippen LogP contribution is 2.19. The number of imidazole rings is 1. The van der Waals surface area contributed by atoms with Crippen LogP contribution in [0.15, 0.2) is 24.7 Å². The Morgan fingerprint density at radius 3 is 2.85 bits per heavy atom. The van der Waals surface area contributed by atoms with Crippen LogP contribution in [0.3, 0.4) is 0 Å². The number of hydrogen-bond acceptors (Lipinski definition) is 3. The molecule has 0 atom stereocenters. The first-order chi connectivity index (χ1) is 9.61. The highest BCUT2D eigenvalue weighted by atomic mass is 35.5. The predicted molar refractivity (Wildman–Crippen MR) is 82.3 cm³/mol. The van der Waals surface area contributed by atoms with E-state index in [1.165, 1.54) is 0 Å². The van der Waals surface area contributed by atoms with Crippen molar-refractivity contribution in [2.45, 2.75) is 46.2 Å². The molecule has 0 unspecified atom stereocenters. The molecular formula is C15H21ClN4. The van der Waals surface area contributed by atoms with Crippen LogP contribution in [0.1, 0.15) is 38.6 Å². The van der Waals surface area contributed by atoms with Crippen LogP contribution < -0.4 is 5.32 Å². The fourth-order valence-electron chi connectivity index (χ4n) is 2.00. The topological polar surface area (TPSA) is 42.7 Å². The molecule has 0 aliphatic rings. The minimum Gasteiger partial charge on any atom is -0.310 e. The van der Waals surface area contributed by atoms with E-state index in [-0.39, 0.29) is 0 Å². The van der Waals surface area contributed by atoms with Crippen LogP contribution >= 0.6 is 11.6 Å². The van der Waals surface area contributed by atoms with Gasteiger partial charge in [-0.3, -0.25) is 4.57 Å². The average Bonchev–Trinajstić information content (AvgIpc) is 2.86. The Labute approximate surface area is 125 Å². The van der Waals surface area contributed by atoms with E-state index in [1.807, 2.05) is 23.0 Å². The van der Waals surface area contributed by atoms with Crippen LogP contribution in [0.5, 0.6) is 0 Å². The number of aryl methyl sites for hydroxylation is 1. The summed E-state index contributed by atoms with van der Waals surface area (Å²) in [6, 6.07) is 2.45. The minimum atomic E-state index is 0.423. The van der Waals surface area contributed by atoms with Crippen LogP contribution in [0.4, 0.5) is 0 Å². The van der Waals surface area contributed by atoms with Crippen molar-refractivity contribution in [3.63, 3.8) is 0 Å². The number of pyridine rings is 1. The summed E-state index contributed by atoms with van der Waals surface area (Å²) in [6.07, 6.45) is 7.47. The summed E-state index contributed by atoms with van der Waals surface area (Å²) in [7, 11) is 0. The van der Waals surface area contributed by atoms with Crippen molar-refractivity contribution in [2.24, 2.45) is 0 Å². The van der Waals surface area contributed by atoms with Gasteiger partial charge in [-0.25, -0.2) is 9.97 Å². The van der Waals surface area contributed by atoms with Crippen molar-refractivity contribution < 1.29 is 0 Å². The van der Waals surface area contributed by atoms with E-state index in [0.29, 0.717) is 11.1 Å². The summed E-state index contributed by atoms with van der Waals surface area (Å²) in [5.74, 6) is 1.90. The maximum Gasteiger partial charge on any atom is 0.138 e. The Hall–Kier alpha value is -1.39. The smallest absolute Gasteiger partial charge is 0.138 e. The fourth-order valence-corrected chi connectivity index (χ4v) is 2.17. The van der Waals surface area contributed by atoms with Crippen molar-refractivity contribution in [3.05, 3.63) is 41.1 Å². The van der Waals surface area contributed by atoms with Crippen molar-refractivity contribution in [3.8, 4) is 5.82 Å². The first kappa shape index (κ1) is 15.0. The van der Waals surface area contributed by atoms with Crippen molar-refractivity contribution in [1.29, 1.82) is 0 Å².